The Labute approximate surface area is 123 Å². The number of aromatic hydroxyl groups is 1. The number of phenolic OH excluding ortho intramolecular Hbond substituents is 1. The van der Waals surface area contributed by atoms with Gasteiger partial charge in [0.15, 0.2) is 11.6 Å². The maximum atomic E-state index is 13.7. The minimum Gasteiger partial charge on any atom is -0.508 e. The summed E-state index contributed by atoms with van der Waals surface area (Å²) in [5, 5.41) is 13.1. The maximum Gasteiger partial charge on any atom is 0.167 e. The third-order valence-corrected chi connectivity index (χ3v) is 3.24. The summed E-state index contributed by atoms with van der Waals surface area (Å²) in [6.07, 6.45) is 0. The van der Waals surface area contributed by atoms with Gasteiger partial charge in [0.1, 0.15) is 11.5 Å². The number of benzene rings is 2. The highest BCUT2D eigenvalue weighted by Gasteiger charge is 2.13. The molecule has 0 heterocycles. The average Bonchev–Trinajstić information content (AvgIpc) is 2.48. The molecule has 0 spiro atoms. The molecule has 0 radical (unpaired) electrons. The molecule has 1 atom stereocenters. The molecule has 0 aromatic heterocycles. The molecule has 4 nitrogen and oxygen atoms in total. The third-order valence-electron chi connectivity index (χ3n) is 3.24. The Bertz CT molecular complexity index is 631. The van der Waals surface area contributed by atoms with Crippen molar-refractivity contribution < 1.29 is 19.0 Å². The number of phenols is 1. The first-order valence-electron chi connectivity index (χ1n) is 6.52. The number of hydrogen-bond donors (Lipinski definition) is 2. The summed E-state index contributed by atoms with van der Waals surface area (Å²) < 4.78 is 23.7. The Morgan fingerprint density at radius 1 is 1.10 bits per heavy atom. The largest absolute Gasteiger partial charge is 0.508 e. The zero-order chi connectivity index (χ0) is 15.4. The molecule has 5 heteroatoms. The van der Waals surface area contributed by atoms with E-state index in [0.717, 1.165) is 0 Å². The molecule has 0 saturated carbocycles. The van der Waals surface area contributed by atoms with Crippen LogP contribution in [0.3, 0.4) is 0 Å². The van der Waals surface area contributed by atoms with E-state index < -0.39 is 5.82 Å². The van der Waals surface area contributed by atoms with Crippen LogP contribution >= 0.6 is 0 Å². The van der Waals surface area contributed by atoms with Gasteiger partial charge in [0.2, 0.25) is 0 Å². The Hall–Kier alpha value is -2.43. The Kier molecular flexibility index (Phi) is 4.52. The van der Waals surface area contributed by atoms with Gasteiger partial charge in [-0.05, 0) is 37.3 Å². The molecule has 0 fully saturated rings. The lowest BCUT2D eigenvalue weighted by atomic mass is 10.1. The van der Waals surface area contributed by atoms with Crippen molar-refractivity contribution in [2.75, 3.05) is 19.5 Å². The first-order valence-corrected chi connectivity index (χ1v) is 6.52. The summed E-state index contributed by atoms with van der Waals surface area (Å²) in [6, 6.07) is 9.40. The minimum absolute atomic E-state index is 0.157. The van der Waals surface area contributed by atoms with E-state index >= 15 is 0 Å². The predicted octanol–water partition coefficient (Wildman–Crippen LogP) is 3.72. The molecule has 21 heavy (non-hydrogen) atoms. The first kappa shape index (κ1) is 15.0. The highest BCUT2D eigenvalue weighted by Crippen LogP contribution is 2.31. The van der Waals surface area contributed by atoms with Crippen LogP contribution in [0.15, 0.2) is 36.4 Å². The fourth-order valence-electron chi connectivity index (χ4n) is 2.09. The maximum absolute atomic E-state index is 13.7. The van der Waals surface area contributed by atoms with E-state index in [1.54, 1.807) is 37.4 Å². The van der Waals surface area contributed by atoms with Gasteiger partial charge in [-0.1, -0.05) is 0 Å². The van der Waals surface area contributed by atoms with Crippen molar-refractivity contribution in [2.24, 2.45) is 0 Å². The Morgan fingerprint density at radius 2 is 1.86 bits per heavy atom. The number of halogens is 1. The lowest BCUT2D eigenvalue weighted by Crippen LogP contribution is -2.07. The smallest absolute Gasteiger partial charge is 0.167 e. The van der Waals surface area contributed by atoms with Crippen LogP contribution in [0.4, 0.5) is 10.1 Å². The van der Waals surface area contributed by atoms with E-state index in [4.69, 9.17) is 9.47 Å². The van der Waals surface area contributed by atoms with Gasteiger partial charge in [-0.3, -0.25) is 0 Å². The van der Waals surface area contributed by atoms with Crippen molar-refractivity contribution in [1.29, 1.82) is 0 Å². The van der Waals surface area contributed by atoms with Crippen LogP contribution < -0.4 is 14.8 Å². The lowest BCUT2D eigenvalue weighted by Gasteiger charge is -2.18. The zero-order valence-corrected chi connectivity index (χ0v) is 12.2. The number of ether oxygens (including phenoxy) is 2. The molecule has 0 aliphatic heterocycles. The van der Waals surface area contributed by atoms with Crippen molar-refractivity contribution in [3.8, 4) is 17.2 Å². The summed E-state index contributed by atoms with van der Waals surface area (Å²) in [7, 11) is 2.98. The lowest BCUT2D eigenvalue weighted by molar-refractivity contribution is 0.386. The van der Waals surface area contributed by atoms with Crippen LogP contribution in [-0.2, 0) is 0 Å². The fraction of sp³-hybridized carbons (Fsp3) is 0.250. The number of rotatable bonds is 5. The van der Waals surface area contributed by atoms with Gasteiger partial charge in [0.25, 0.3) is 0 Å². The molecule has 0 aliphatic carbocycles. The van der Waals surface area contributed by atoms with Gasteiger partial charge >= 0.3 is 0 Å². The molecule has 0 aliphatic rings. The number of methoxy groups -OCH3 is 2. The fourth-order valence-corrected chi connectivity index (χ4v) is 2.09. The summed E-state index contributed by atoms with van der Waals surface area (Å²) in [6.45, 7) is 1.87. The predicted molar refractivity (Wildman–Crippen MR) is 79.6 cm³/mol. The molecule has 0 amide bonds. The zero-order valence-electron chi connectivity index (χ0n) is 12.2. The van der Waals surface area contributed by atoms with Gasteiger partial charge in [-0.2, -0.15) is 0 Å². The van der Waals surface area contributed by atoms with Crippen LogP contribution in [0.5, 0.6) is 17.2 Å². The van der Waals surface area contributed by atoms with Crippen molar-refractivity contribution in [3.63, 3.8) is 0 Å². The minimum atomic E-state index is -0.440. The Balaban J connectivity index is 2.21. The van der Waals surface area contributed by atoms with Gasteiger partial charge in [-0.25, -0.2) is 4.39 Å². The second-order valence-corrected chi connectivity index (χ2v) is 4.64. The molecular formula is C16H18FNO3. The number of nitrogens with one attached hydrogen (secondary N) is 1. The highest BCUT2D eigenvalue weighted by atomic mass is 19.1. The van der Waals surface area contributed by atoms with Crippen molar-refractivity contribution in [1.82, 2.24) is 0 Å². The van der Waals surface area contributed by atoms with Gasteiger partial charge < -0.3 is 19.9 Å². The second-order valence-electron chi connectivity index (χ2n) is 4.64. The van der Waals surface area contributed by atoms with Crippen LogP contribution in [-0.4, -0.2) is 19.3 Å². The van der Waals surface area contributed by atoms with Crippen LogP contribution in [0, 0.1) is 5.82 Å². The molecule has 1 unspecified atom stereocenters. The molecule has 2 aromatic rings. The van der Waals surface area contributed by atoms with E-state index in [-0.39, 0.29) is 17.5 Å². The summed E-state index contributed by atoms with van der Waals surface area (Å²) in [5.74, 6) is 0.559. The van der Waals surface area contributed by atoms with E-state index in [2.05, 4.69) is 5.32 Å². The van der Waals surface area contributed by atoms with Crippen LogP contribution in [0.25, 0.3) is 0 Å². The molecule has 2 aromatic carbocycles. The van der Waals surface area contributed by atoms with E-state index in [1.807, 2.05) is 6.92 Å². The SMILES string of the molecule is COc1ccc(O)c(C(C)Nc2ccc(OC)c(F)c2)c1. The molecule has 2 rings (SSSR count). The van der Waals surface area contributed by atoms with E-state index in [9.17, 15) is 9.50 Å². The molecule has 2 N–H and O–H groups in total. The quantitative estimate of drug-likeness (QED) is 0.881. The van der Waals surface area contributed by atoms with Crippen molar-refractivity contribution in [2.45, 2.75) is 13.0 Å². The van der Waals surface area contributed by atoms with E-state index in [1.165, 1.54) is 13.2 Å². The summed E-state index contributed by atoms with van der Waals surface area (Å²) in [5.41, 5.74) is 1.27. The molecule has 112 valence electrons. The van der Waals surface area contributed by atoms with Crippen molar-refractivity contribution in [3.05, 3.63) is 47.8 Å². The van der Waals surface area contributed by atoms with Gasteiger partial charge in [0.05, 0.1) is 20.3 Å². The topological polar surface area (TPSA) is 50.7 Å². The first-order chi connectivity index (χ1) is 10.0. The van der Waals surface area contributed by atoms with E-state index in [0.29, 0.717) is 17.0 Å². The number of anilines is 1. The molecule has 0 saturated heterocycles. The second kappa shape index (κ2) is 6.35. The summed E-state index contributed by atoms with van der Waals surface area (Å²) >= 11 is 0. The summed E-state index contributed by atoms with van der Waals surface area (Å²) in [4.78, 5) is 0. The monoisotopic (exact) mass is 291 g/mol. The average molecular weight is 291 g/mol. The van der Waals surface area contributed by atoms with Crippen LogP contribution in [0.1, 0.15) is 18.5 Å². The highest BCUT2D eigenvalue weighted by molar-refractivity contribution is 5.51. The van der Waals surface area contributed by atoms with Crippen LogP contribution in [0.2, 0.25) is 0 Å². The van der Waals surface area contributed by atoms with Gasteiger partial charge in [-0.15, -0.1) is 0 Å². The standard InChI is InChI=1S/C16H18FNO3/c1-10(13-9-12(20-2)5-6-15(13)19)18-11-4-7-16(21-3)14(17)8-11/h4-10,18-19H,1-3H3. The van der Waals surface area contributed by atoms with Crippen molar-refractivity contribution >= 4 is 5.69 Å². The molecule has 0 bridgehead atoms. The Morgan fingerprint density at radius 3 is 2.48 bits per heavy atom. The third kappa shape index (κ3) is 3.37. The van der Waals surface area contributed by atoms with Gasteiger partial charge in [0, 0.05) is 17.3 Å². The normalized spacial score (nSPS) is 11.8. The number of hydrogen-bond acceptors (Lipinski definition) is 4. The molecular weight excluding hydrogens is 273 g/mol.